The summed E-state index contributed by atoms with van der Waals surface area (Å²) in [4.78, 5) is 3.21. The van der Waals surface area contributed by atoms with Gasteiger partial charge in [-0.25, -0.2) is 21.9 Å². The summed E-state index contributed by atoms with van der Waals surface area (Å²) >= 11 is 0. The van der Waals surface area contributed by atoms with E-state index < -0.39 is 15.7 Å². The molecular formula is C25H29F2N7O2S. The summed E-state index contributed by atoms with van der Waals surface area (Å²) in [5, 5.41) is 13.1. The second-order valence-electron chi connectivity index (χ2n) is 10.0. The summed E-state index contributed by atoms with van der Waals surface area (Å²) in [6.07, 6.45) is 2.96. The van der Waals surface area contributed by atoms with Crippen LogP contribution in [0.15, 0.2) is 53.8 Å². The van der Waals surface area contributed by atoms with E-state index in [4.69, 9.17) is 0 Å². The molecule has 5 rings (SSSR count). The summed E-state index contributed by atoms with van der Waals surface area (Å²) in [6.45, 7) is 5.88. The van der Waals surface area contributed by atoms with Crippen LogP contribution in [0.2, 0.25) is 0 Å². The first kappa shape index (κ1) is 25.4. The molecule has 196 valence electrons. The quantitative estimate of drug-likeness (QED) is 0.381. The zero-order valence-corrected chi connectivity index (χ0v) is 22.0. The molecule has 0 bridgehead atoms. The number of aromatic nitrogens is 5. The van der Waals surface area contributed by atoms with Gasteiger partial charge in [-0.3, -0.25) is 4.90 Å². The lowest BCUT2D eigenvalue weighted by Crippen LogP contribution is -2.53. The van der Waals surface area contributed by atoms with E-state index in [-0.39, 0.29) is 36.5 Å². The van der Waals surface area contributed by atoms with Crippen LogP contribution in [0.1, 0.15) is 31.0 Å². The molecule has 37 heavy (non-hydrogen) atoms. The van der Waals surface area contributed by atoms with E-state index in [1.165, 1.54) is 41.3 Å². The second-order valence-corrected chi connectivity index (χ2v) is 11.9. The van der Waals surface area contributed by atoms with Crippen molar-refractivity contribution in [3.8, 4) is 5.69 Å². The lowest BCUT2D eigenvalue weighted by atomic mass is 9.95. The van der Waals surface area contributed by atoms with Gasteiger partial charge in [0.15, 0.2) is 0 Å². The minimum atomic E-state index is -3.87. The van der Waals surface area contributed by atoms with Gasteiger partial charge in [-0.15, -0.1) is 5.10 Å². The van der Waals surface area contributed by atoms with Gasteiger partial charge in [0.25, 0.3) is 10.0 Å². The predicted octanol–water partition coefficient (Wildman–Crippen LogP) is 3.40. The number of alkyl halides is 1. The van der Waals surface area contributed by atoms with Crippen LogP contribution in [-0.4, -0.2) is 74.2 Å². The van der Waals surface area contributed by atoms with Gasteiger partial charge in [-0.05, 0) is 68.3 Å². The Morgan fingerprint density at radius 3 is 2.46 bits per heavy atom. The van der Waals surface area contributed by atoms with Crippen molar-refractivity contribution in [2.45, 2.75) is 37.5 Å². The molecule has 1 saturated heterocycles. The van der Waals surface area contributed by atoms with Crippen LogP contribution in [0, 0.1) is 12.7 Å². The maximum absolute atomic E-state index is 14.8. The van der Waals surface area contributed by atoms with Crippen molar-refractivity contribution in [3.05, 3.63) is 65.7 Å². The monoisotopic (exact) mass is 529 g/mol. The van der Waals surface area contributed by atoms with Gasteiger partial charge < -0.3 is 0 Å². The van der Waals surface area contributed by atoms with Gasteiger partial charge in [0.1, 0.15) is 11.5 Å². The standard InChI is InChI=1S/C25H29F2N7O2S/c1-17-11-22-18(13-29-34(22)20-7-5-19(26)6-8-20)12-21(17)23-15-33(10-9-32(23)16-25(2,3)27)37(35,36)24-14-28-31(4)30-24/h5-8,11-14,23H,9-10,15-16H2,1-4H3. The lowest BCUT2D eigenvalue weighted by Gasteiger charge is -2.42. The lowest BCUT2D eigenvalue weighted by molar-refractivity contribution is 0.0561. The van der Waals surface area contributed by atoms with Crippen LogP contribution >= 0.6 is 0 Å². The third-order valence-electron chi connectivity index (χ3n) is 6.60. The number of fused-ring (bicyclic) bond motifs is 1. The predicted molar refractivity (Wildman–Crippen MR) is 135 cm³/mol. The van der Waals surface area contributed by atoms with Crippen molar-refractivity contribution in [2.24, 2.45) is 7.05 Å². The number of nitrogens with zero attached hydrogens (tertiary/aromatic N) is 7. The third kappa shape index (κ3) is 5.00. The summed E-state index contributed by atoms with van der Waals surface area (Å²) in [5.74, 6) is -0.326. The highest BCUT2D eigenvalue weighted by Crippen LogP contribution is 2.34. The molecule has 0 N–H and O–H groups in total. The van der Waals surface area contributed by atoms with Gasteiger partial charge in [-0.1, -0.05) is 0 Å². The van der Waals surface area contributed by atoms with Crippen molar-refractivity contribution < 1.29 is 17.2 Å². The molecule has 3 heterocycles. The first-order valence-electron chi connectivity index (χ1n) is 12.0. The number of hydrogen-bond donors (Lipinski definition) is 0. The molecule has 0 saturated carbocycles. The largest absolute Gasteiger partial charge is 0.291 e. The van der Waals surface area contributed by atoms with Crippen molar-refractivity contribution >= 4 is 20.9 Å². The molecule has 9 nitrogen and oxygen atoms in total. The first-order valence-corrected chi connectivity index (χ1v) is 13.4. The fourth-order valence-electron chi connectivity index (χ4n) is 4.90. The zero-order chi connectivity index (χ0) is 26.5. The van der Waals surface area contributed by atoms with Gasteiger partial charge in [0.2, 0.25) is 5.03 Å². The zero-order valence-electron chi connectivity index (χ0n) is 21.1. The molecule has 2 aromatic carbocycles. The van der Waals surface area contributed by atoms with Gasteiger partial charge in [0, 0.05) is 44.7 Å². The number of rotatable bonds is 6. The van der Waals surface area contributed by atoms with Crippen LogP contribution in [0.25, 0.3) is 16.6 Å². The highest BCUT2D eigenvalue weighted by Gasteiger charge is 2.38. The van der Waals surface area contributed by atoms with Crippen molar-refractivity contribution in [1.29, 1.82) is 0 Å². The SMILES string of the molecule is Cc1cc2c(cnn2-c2ccc(F)cc2)cc1C1CN(S(=O)(=O)c2cnn(C)n2)CCN1CC(C)(C)F. The van der Waals surface area contributed by atoms with E-state index in [0.717, 1.165) is 27.7 Å². The molecule has 1 atom stereocenters. The van der Waals surface area contributed by atoms with Crippen molar-refractivity contribution in [2.75, 3.05) is 26.2 Å². The van der Waals surface area contributed by atoms with Crippen molar-refractivity contribution in [1.82, 2.24) is 34.0 Å². The number of benzene rings is 2. The topological polar surface area (TPSA) is 89.2 Å². The number of sulfonamides is 1. The minimum absolute atomic E-state index is 0.110. The van der Waals surface area contributed by atoms with Crippen LogP contribution in [-0.2, 0) is 17.1 Å². The van der Waals surface area contributed by atoms with Crippen LogP contribution in [0.3, 0.4) is 0 Å². The molecule has 0 radical (unpaired) electrons. The molecular weight excluding hydrogens is 500 g/mol. The number of piperazine rings is 1. The molecule has 1 aliphatic heterocycles. The van der Waals surface area contributed by atoms with E-state index in [1.54, 1.807) is 30.1 Å². The van der Waals surface area contributed by atoms with Crippen molar-refractivity contribution in [3.63, 3.8) is 0 Å². The van der Waals surface area contributed by atoms with E-state index in [9.17, 15) is 17.2 Å². The van der Waals surface area contributed by atoms with E-state index in [2.05, 4.69) is 15.3 Å². The van der Waals surface area contributed by atoms with E-state index in [1.807, 2.05) is 24.0 Å². The number of hydrogen-bond acceptors (Lipinski definition) is 6. The fourth-order valence-corrected chi connectivity index (χ4v) is 6.23. The fraction of sp³-hybridized carbons (Fsp3) is 0.400. The molecule has 1 unspecified atom stereocenters. The molecule has 0 aliphatic carbocycles. The highest BCUT2D eigenvalue weighted by atomic mass is 32.2. The summed E-state index contributed by atoms with van der Waals surface area (Å²) in [6, 6.07) is 9.67. The molecule has 1 aliphatic rings. The Morgan fingerprint density at radius 1 is 1.08 bits per heavy atom. The minimum Gasteiger partial charge on any atom is -0.291 e. The van der Waals surface area contributed by atoms with Gasteiger partial charge in [-0.2, -0.15) is 19.3 Å². The number of halogens is 2. The van der Waals surface area contributed by atoms with Crippen LogP contribution in [0.4, 0.5) is 8.78 Å². The Hall–Kier alpha value is -3.22. The maximum Gasteiger partial charge on any atom is 0.264 e. The summed E-state index contributed by atoms with van der Waals surface area (Å²) in [5.41, 5.74) is 1.92. The van der Waals surface area contributed by atoms with Gasteiger partial charge in [0.05, 0.1) is 23.6 Å². The molecule has 12 heteroatoms. The Labute approximate surface area is 214 Å². The molecule has 4 aromatic rings. The first-order chi connectivity index (χ1) is 17.4. The van der Waals surface area contributed by atoms with E-state index >= 15 is 0 Å². The Kier molecular flexibility index (Phi) is 6.37. The normalized spacial score (nSPS) is 18.1. The smallest absolute Gasteiger partial charge is 0.264 e. The average Bonchev–Trinajstić information content (AvgIpc) is 3.45. The Bertz CT molecular complexity index is 1540. The summed E-state index contributed by atoms with van der Waals surface area (Å²) in [7, 11) is -2.31. The molecule has 0 amide bonds. The highest BCUT2D eigenvalue weighted by molar-refractivity contribution is 7.89. The Morgan fingerprint density at radius 2 is 1.81 bits per heavy atom. The van der Waals surface area contributed by atoms with Crippen LogP contribution < -0.4 is 0 Å². The average molecular weight is 530 g/mol. The molecule has 0 spiro atoms. The van der Waals surface area contributed by atoms with E-state index in [0.29, 0.717) is 6.54 Å². The van der Waals surface area contributed by atoms with Gasteiger partial charge >= 0.3 is 0 Å². The third-order valence-corrected chi connectivity index (χ3v) is 8.33. The van der Waals surface area contributed by atoms with Crippen LogP contribution in [0.5, 0.6) is 0 Å². The maximum atomic E-state index is 14.8. The molecule has 2 aromatic heterocycles. The molecule has 1 fully saturated rings. The summed E-state index contributed by atoms with van der Waals surface area (Å²) < 4.78 is 58.0. The second kappa shape index (κ2) is 9.26. The Balaban J connectivity index is 1.54. The number of aryl methyl sites for hydroxylation is 2.